The number of cyclic esters (lactones) is 1. The van der Waals surface area contributed by atoms with Crippen molar-refractivity contribution in [2.45, 2.75) is 67.5 Å². The molecule has 5 atom stereocenters. The molecule has 16 heteroatoms. The second kappa shape index (κ2) is 14.5. The van der Waals surface area contributed by atoms with Crippen molar-refractivity contribution in [1.29, 1.82) is 0 Å². The smallest absolute Gasteiger partial charge is 0.407 e. The molecule has 2 aliphatic carbocycles. The quantitative estimate of drug-likeness (QED) is 0.217. The lowest BCUT2D eigenvalue weighted by Crippen LogP contribution is -2.59. The molecule has 6 rings (SSSR count). The number of carbonyl (C=O) groups excluding carboxylic acids is 5. The van der Waals surface area contributed by atoms with Crippen LogP contribution in [0.25, 0.3) is 16.8 Å². The van der Waals surface area contributed by atoms with Crippen molar-refractivity contribution in [3.8, 4) is 5.88 Å². The molecular formula is C35H40N6O9S. The number of rotatable bonds is 9. The Kier molecular flexibility index (Phi) is 10.1. The van der Waals surface area contributed by atoms with Crippen LogP contribution in [0.15, 0.2) is 61.8 Å². The van der Waals surface area contributed by atoms with Gasteiger partial charge in [0.15, 0.2) is 0 Å². The molecule has 2 saturated carbocycles. The molecule has 5 amide bonds. The Morgan fingerprint density at radius 3 is 2.69 bits per heavy atom. The van der Waals surface area contributed by atoms with Gasteiger partial charge in [0.05, 0.1) is 18.4 Å². The molecular weight excluding hydrogens is 680 g/mol. The van der Waals surface area contributed by atoms with Gasteiger partial charge < -0.3 is 30.3 Å². The van der Waals surface area contributed by atoms with Gasteiger partial charge in [-0.2, -0.15) is 0 Å². The van der Waals surface area contributed by atoms with Crippen molar-refractivity contribution in [1.82, 2.24) is 30.6 Å². The van der Waals surface area contributed by atoms with E-state index in [1.807, 2.05) is 36.4 Å². The molecule has 2 aliphatic heterocycles. The minimum atomic E-state index is -3.92. The minimum Gasteiger partial charge on any atom is -0.472 e. The monoisotopic (exact) mass is 720 g/mol. The number of pyridine rings is 1. The van der Waals surface area contributed by atoms with Gasteiger partial charge >= 0.3 is 6.09 Å². The van der Waals surface area contributed by atoms with Crippen LogP contribution in [0.4, 0.5) is 4.79 Å². The zero-order valence-corrected chi connectivity index (χ0v) is 28.7. The van der Waals surface area contributed by atoms with Crippen LogP contribution >= 0.6 is 0 Å². The lowest BCUT2D eigenvalue weighted by atomic mass is 10.1. The van der Waals surface area contributed by atoms with Gasteiger partial charge in [-0.15, -0.1) is 6.58 Å². The first-order chi connectivity index (χ1) is 24.4. The van der Waals surface area contributed by atoms with E-state index in [1.165, 1.54) is 11.0 Å². The summed E-state index contributed by atoms with van der Waals surface area (Å²) >= 11 is 0. The van der Waals surface area contributed by atoms with E-state index in [0.29, 0.717) is 31.1 Å². The molecule has 1 unspecified atom stereocenters. The number of amides is 5. The van der Waals surface area contributed by atoms with Crippen LogP contribution in [-0.2, 0) is 33.9 Å². The van der Waals surface area contributed by atoms with Gasteiger partial charge in [-0.3, -0.25) is 23.9 Å². The lowest BCUT2D eigenvalue weighted by Gasteiger charge is -2.29. The van der Waals surface area contributed by atoms with E-state index in [-0.39, 0.29) is 38.4 Å². The number of nitrogens with zero attached hydrogens (tertiary/aromatic N) is 2. The number of sulfonamides is 1. The third-order valence-corrected chi connectivity index (χ3v) is 11.3. The molecule has 0 radical (unpaired) electrons. The maximum absolute atomic E-state index is 14.2. The summed E-state index contributed by atoms with van der Waals surface area (Å²) in [6, 6.07) is 5.03. The summed E-state index contributed by atoms with van der Waals surface area (Å²) in [6.07, 6.45) is 8.32. The second-order valence-corrected chi connectivity index (χ2v) is 15.0. The molecule has 3 fully saturated rings. The molecule has 1 aromatic carbocycles. The van der Waals surface area contributed by atoms with Crippen LogP contribution in [0.5, 0.6) is 5.88 Å². The molecule has 270 valence electrons. The number of allylic oxidation sites excluding steroid dienone is 1. The number of carbonyl (C=O) groups is 5. The van der Waals surface area contributed by atoms with E-state index < -0.39 is 74.6 Å². The average Bonchev–Trinajstić information content (AvgIpc) is 4.04. The van der Waals surface area contributed by atoms with Gasteiger partial charge in [0.25, 0.3) is 5.91 Å². The Labute approximate surface area is 294 Å². The van der Waals surface area contributed by atoms with Crippen molar-refractivity contribution < 1.29 is 41.9 Å². The van der Waals surface area contributed by atoms with Crippen LogP contribution in [0.2, 0.25) is 0 Å². The predicted octanol–water partition coefficient (Wildman–Crippen LogP) is 1.46. The average molecular weight is 721 g/mol. The number of benzene rings is 1. The Bertz CT molecular complexity index is 1910. The van der Waals surface area contributed by atoms with E-state index in [9.17, 15) is 32.4 Å². The summed E-state index contributed by atoms with van der Waals surface area (Å²) in [5.74, 6) is -3.22. The Morgan fingerprint density at radius 1 is 1.16 bits per heavy atom. The Hall–Kier alpha value is -5.25. The molecule has 2 aromatic rings. The van der Waals surface area contributed by atoms with Crippen LogP contribution in [0.3, 0.4) is 0 Å². The molecule has 15 nitrogen and oxygen atoms in total. The normalized spacial score (nSPS) is 26.5. The molecule has 51 heavy (non-hydrogen) atoms. The molecule has 4 bridgehead atoms. The van der Waals surface area contributed by atoms with E-state index in [4.69, 9.17) is 9.47 Å². The maximum atomic E-state index is 14.2. The first kappa shape index (κ1) is 35.6. The van der Waals surface area contributed by atoms with Gasteiger partial charge in [0.1, 0.15) is 23.7 Å². The standard InChI is InChI=1S/C35H40N6O9S/c1-3-23-18-35(23,33(45)40-51(47,48)25-11-12-25)39-30(43)28-17-24-20-41(28)32(44)27(19-37-29(42)4-2)38-34(46)49-15-7-5-6-8-21-9-10-22-13-14-36-31(50-24)26(22)16-21/h3-4,6,8-10,13-14,16,23-25,27-28H,1-2,5,7,11-12,15,17-20H2,(H,37,42)(H,38,46)(H,39,43)(H,40,45)/t23-,24?,27+,28+,35-/m1/s1. The number of fused-ring (bicyclic) bond motifs is 3. The molecule has 3 heterocycles. The van der Waals surface area contributed by atoms with E-state index in [0.717, 1.165) is 17.0 Å². The summed E-state index contributed by atoms with van der Waals surface area (Å²) in [5, 5.41) is 8.64. The topological polar surface area (TPSA) is 202 Å². The molecule has 4 aliphatic rings. The molecule has 4 N–H and O–H groups in total. The Balaban J connectivity index is 1.32. The fraction of sp³-hybridized carbons (Fsp3) is 0.429. The molecule has 0 spiro atoms. The highest BCUT2D eigenvalue weighted by molar-refractivity contribution is 7.91. The number of alkyl carbamates (subject to hydrolysis) is 1. The van der Waals surface area contributed by atoms with Gasteiger partial charge in [0.2, 0.25) is 33.6 Å². The van der Waals surface area contributed by atoms with E-state index in [2.05, 4.69) is 38.8 Å². The van der Waals surface area contributed by atoms with Crippen LogP contribution < -0.4 is 25.4 Å². The maximum Gasteiger partial charge on any atom is 0.407 e. The van der Waals surface area contributed by atoms with Crippen LogP contribution in [0.1, 0.15) is 44.1 Å². The summed E-state index contributed by atoms with van der Waals surface area (Å²) in [4.78, 5) is 72.4. The number of ether oxygens (including phenoxy) is 2. The van der Waals surface area contributed by atoms with E-state index >= 15 is 0 Å². The van der Waals surface area contributed by atoms with Crippen molar-refractivity contribution in [2.24, 2.45) is 5.92 Å². The number of hydrogen-bond acceptors (Lipinski definition) is 10. The van der Waals surface area contributed by atoms with E-state index in [1.54, 1.807) is 6.20 Å². The fourth-order valence-electron chi connectivity index (χ4n) is 6.35. The summed E-state index contributed by atoms with van der Waals surface area (Å²) in [7, 11) is -3.92. The van der Waals surface area contributed by atoms with Crippen molar-refractivity contribution in [3.05, 3.63) is 67.4 Å². The first-order valence-corrected chi connectivity index (χ1v) is 18.4. The summed E-state index contributed by atoms with van der Waals surface area (Å²) in [6.45, 7) is 6.72. The number of aromatic nitrogens is 1. The zero-order valence-electron chi connectivity index (χ0n) is 27.8. The zero-order chi connectivity index (χ0) is 36.3. The second-order valence-electron chi connectivity index (χ2n) is 13.1. The largest absolute Gasteiger partial charge is 0.472 e. The first-order valence-electron chi connectivity index (χ1n) is 16.8. The van der Waals surface area contributed by atoms with Gasteiger partial charge in [-0.25, -0.2) is 18.2 Å². The fourth-order valence-corrected chi connectivity index (χ4v) is 7.72. The van der Waals surface area contributed by atoms with Crippen LogP contribution in [0, 0.1) is 5.92 Å². The van der Waals surface area contributed by atoms with Gasteiger partial charge in [-0.05, 0) is 61.3 Å². The lowest BCUT2D eigenvalue weighted by molar-refractivity contribution is -0.141. The third-order valence-electron chi connectivity index (χ3n) is 9.44. The number of hydrogen-bond donors (Lipinski definition) is 4. The Morgan fingerprint density at radius 2 is 1.96 bits per heavy atom. The van der Waals surface area contributed by atoms with Gasteiger partial charge in [0, 0.05) is 30.5 Å². The number of nitrogens with one attached hydrogen (secondary N) is 4. The predicted molar refractivity (Wildman–Crippen MR) is 185 cm³/mol. The third kappa shape index (κ3) is 7.90. The van der Waals surface area contributed by atoms with Crippen molar-refractivity contribution >= 4 is 56.6 Å². The van der Waals surface area contributed by atoms with Gasteiger partial charge in [-0.1, -0.05) is 36.9 Å². The SMILES string of the molecule is C=CC(=O)NC[C@@H]1NC(=O)OCCCC=Cc2ccc3ccnc(c3c2)OC2C[C@@H](C(=O)N[C@]3(C(=O)NS(=O)(=O)C4CC4)C[C@H]3C=C)N(C2)C1=O. The van der Waals surface area contributed by atoms with Crippen LogP contribution in [-0.4, -0.2) is 96.7 Å². The molecule has 1 aromatic heterocycles. The highest BCUT2D eigenvalue weighted by Crippen LogP contribution is 2.45. The molecule has 1 saturated heterocycles. The van der Waals surface area contributed by atoms with Crippen molar-refractivity contribution in [3.63, 3.8) is 0 Å². The minimum absolute atomic E-state index is 0.0394. The van der Waals surface area contributed by atoms with Crippen molar-refractivity contribution in [2.75, 3.05) is 19.7 Å². The highest BCUT2D eigenvalue weighted by atomic mass is 32.2. The highest BCUT2D eigenvalue weighted by Gasteiger charge is 2.62. The summed E-state index contributed by atoms with van der Waals surface area (Å²) in [5.41, 5.74) is -0.709. The summed E-state index contributed by atoms with van der Waals surface area (Å²) < 4.78 is 39.1.